The molecule has 0 heterocycles. The Morgan fingerprint density at radius 1 is 1.23 bits per heavy atom. The first-order chi connectivity index (χ1) is 12.1. The average Bonchev–Trinajstić information content (AvgIpc) is 2.99. The summed E-state index contributed by atoms with van der Waals surface area (Å²) in [4.78, 5) is 0. The largest absolute Gasteiger partial charge is 0.497 e. The molecule has 0 spiro atoms. The van der Waals surface area contributed by atoms with Crippen LogP contribution < -0.4 is 9.47 Å². The van der Waals surface area contributed by atoms with Crippen molar-refractivity contribution >= 4 is 8.07 Å². The number of allylic oxidation sites excluding steroid dienone is 4. The van der Waals surface area contributed by atoms with E-state index in [2.05, 4.69) is 71.7 Å². The first kappa shape index (κ1) is 20.6. The van der Waals surface area contributed by atoms with Crippen LogP contribution in [0.1, 0.15) is 45.2 Å². The summed E-state index contributed by atoms with van der Waals surface area (Å²) in [6.07, 6.45) is 7.65. The van der Waals surface area contributed by atoms with E-state index >= 15 is 0 Å². The lowest BCUT2D eigenvalue weighted by molar-refractivity contribution is 0.345. The minimum atomic E-state index is -1.59. The number of benzene rings is 1. The smallest absolute Gasteiger partial charge is 0.126 e. The van der Waals surface area contributed by atoms with Gasteiger partial charge in [0.05, 0.1) is 15.2 Å². The molecule has 3 heteroatoms. The molecule has 0 aromatic heterocycles. The lowest BCUT2D eigenvalue weighted by atomic mass is 9.85. The maximum absolute atomic E-state index is 6.19. The third-order valence-corrected chi connectivity index (χ3v) is 8.43. The second kappa shape index (κ2) is 7.87. The molecule has 1 aliphatic rings. The summed E-state index contributed by atoms with van der Waals surface area (Å²) < 4.78 is 11.8. The normalized spacial score (nSPS) is 14.7. The van der Waals surface area contributed by atoms with Crippen molar-refractivity contribution in [1.29, 1.82) is 0 Å². The van der Waals surface area contributed by atoms with Crippen LogP contribution in [0.25, 0.3) is 0 Å². The minimum absolute atomic E-state index is 0.0176. The predicted octanol–water partition coefficient (Wildman–Crippen LogP) is 6.16. The number of rotatable bonds is 7. The van der Waals surface area contributed by atoms with Gasteiger partial charge >= 0.3 is 0 Å². The number of hydrogen-bond donors (Lipinski definition) is 0. The van der Waals surface area contributed by atoms with E-state index in [0.717, 1.165) is 24.0 Å². The fourth-order valence-corrected chi connectivity index (χ4v) is 6.22. The van der Waals surface area contributed by atoms with Crippen molar-refractivity contribution in [2.75, 3.05) is 13.7 Å². The molecule has 1 aliphatic carbocycles. The highest BCUT2D eigenvalue weighted by Gasteiger charge is 2.31. The van der Waals surface area contributed by atoms with E-state index in [1.165, 1.54) is 16.7 Å². The molecule has 0 amide bonds. The fourth-order valence-electron chi connectivity index (χ4n) is 3.50. The fraction of sp³-hybridized carbons (Fsp3) is 0.478. The Balaban J connectivity index is 2.51. The number of ether oxygens (including phenoxy) is 2. The summed E-state index contributed by atoms with van der Waals surface area (Å²) in [6, 6.07) is 5.34. The van der Waals surface area contributed by atoms with E-state index < -0.39 is 8.07 Å². The van der Waals surface area contributed by atoms with Gasteiger partial charge in [-0.05, 0) is 42.5 Å². The third-order valence-electron chi connectivity index (χ3n) is 5.08. The van der Waals surface area contributed by atoms with Crippen LogP contribution in [0, 0.1) is 0 Å². The summed E-state index contributed by atoms with van der Waals surface area (Å²) >= 11 is 0. The molecule has 142 valence electrons. The van der Waals surface area contributed by atoms with Gasteiger partial charge < -0.3 is 9.47 Å². The zero-order chi connectivity index (χ0) is 19.5. The summed E-state index contributed by atoms with van der Waals surface area (Å²) in [5.41, 5.74) is 3.84. The minimum Gasteiger partial charge on any atom is -0.497 e. The Hall–Kier alpha value is -1.74. The Bertz CT molecular complexity index is 733. The average molecular weight is 371 g/mol. The van der Waals surface area contributed by atoms with Gasteiger partial charge in [-0.3, -0.25) is 0 Å². The highest BCUT2D eigenvalue weighted by atomic mass is 28.3. The lowest BCUT2D eigenvalue weighted by Crippen LogP contribution is -2.32. The van der Waals surface area contributed by atoms with E-state index in [1.54, 1.807) is 12.3 Å². The molecule has 26 heavy (non-hydrogen) atoms. The predicted molar refractivity (Wildman–Crippen MR) is 115 cm³/mol. The number of hydrogen-bond acceptors (Lipinski definition) is 2. The highest BCUT2D eigenvalue weighted by molar-refractivity contribution is 6.83. The Morgan fingerprint density at radius 3 is 2.42 bits per heavy atom. The van der Waals surface area contributed by atoms with E-state index in [-0.39, 0.29) is 5.41 Å². The number of methoxy groups -OCH3 is 1. The summed E-state index contributed by atoms with van der Waals surface area (Å²) in [5, 5.41) is 1.62. The van der Waals surface area contributed by atoms with Gasteiger partial charge in [0.2, 0.25) is 0 Å². The van der Waals surface area contributed by atoms with Crippen molar-refractivity contribution in [2.24, 2.45) is 0 Å². The van der Waals surface area contributed by atoms with Gasteiger partial charge in [-0.15, -0.1) is 0 Å². The Kier molecular flexibility index (Phi) is 6.23. The maximum atomic E-state index is 6.19. The van der Waals surface area contributed by atoms with Crippen LogP contribution >= 0.6 is 0 Å². The van der Waals surface area contributed by atoms with E-state index in [9.17, 15) is 0 Å². The molecule has 0 unspecified atom stereocenters. The molecule has 0 aliphatic heterocycles. The Labute approximate surface area is 160 Å². The van der Waals surface area contributed by atoms with E-state index in [0.29, 0.717) is 6.61 Å². The topological polar surface area (TPSA) is 18.5 Å². The van der Waals surface area contributed by atoms with Crippen LogP contribution in [0.4, 0.5) is 0 Å². The van der Waals surface area contributed by atoms with Gasteiger partial charge in [-0.2, -0.15) is 0 Å². The van der Waals surface area contributed by atoms with E-state index in [1.807, 2.05) is 6.08 Å². The SMILES string of the molecule is C=CCOc1c(C[Si](C)(C)C2=CC(C)=CC2)cc(OC)cc1C(C)(C)C. The van der Waals surface area contributed by atoms with Crippen molar-refractivity contribution in [1.82, 2.24) is 0 Å². The zero-order valence-electron chi connectivity index (χ0n) is 17.5. The molecule has 0 radical (unpaired) electrons. The third kappa shape index (κ3) is 4.70. The van der Waals surface area contributed by atoms with Gasteiger partial charge in [0.25, 0.3) is 0 Å². The standard InChI is InChI=1S/C23H34O2Si/c1-9-12-25-22-18(14-19(24-6)15-21(22)23(3,4)5)16-26(7,8)20-11-10-17(2)13-20/h9-10,13-15H,1,11-12,16H2,2-8H3. The summed E-state index contributed by atoms with van der Waals surface area (Å²) in [7, 11) is 0.148. The van der Waals surface area contributed by atoms with Crippen LogP contribution in [0.15, 0.2) is 47.7 Å². The van der Waals surface area contributed by atoms with Gasteiger partial charge in [-0.1, -0.05) is 69.4 Å². The first-order valence-corrected chi connectivity index (χ1v) is 12.6. The Morgan fingerprint density at radius 2 is 1.92 bits per heavy atom. The van der Waals surface area contributed by atoms with Crippen LogP contribution in [-0.4, -0.2) is 21.8 Å². The molecule has 0 N–H and O–H groups in total. The highest BCUT2D eigenvalue weighted by Crippen LogP contribution is 2.40. The molecule has 2 rings (SSSR count). The molecular formula is C23H34O2Si. The van der Waals surface area contributed by atoms with Gasteiger partial charge in [-0.25, -0.2) is 0 Å². The zero-order valence-corrected chi connectivity index (χ0v) is 18.5. The van der Waals surface area contributed by atoms with Gasteiger partial charge in [0, 0.05) is 5.56 Å². The molecule has 0 bridgehead atoms. The van der Waals surface area contributed by atoms with Crippen LogP contribution in [0.2, 0.25) is 13.1 Å². The van der Waals surface area contributed by atoms with E-state index in [4.69, 9.17) is 9.47 Å². The van der Waals surface area contributed by atoms with Crippen molar-refractivity contribution in [3.8, 4) is 11.5 Å². The molecule has 0 saturated heterocycles. The molecule has 0 saturated carbocycles. The molecule has 1 aromatic carbocycles. The summed E-state index contributed by atoms with van der Waals surface area (Å²) in [6.45, 7) is 18.1. The molecule has 0 atom stereocenters. The molecule has 0 fully saturated rings. The monoisotopic (exact) mass is 370 g/mol. The van der Waals surface area contributed by atoms with Crippen LogP contribution in [0.3, 0.4) is 0 Å². The van der Waals surface area contributed by atoms with Crippen molar-refractivity contribution in [2.45, 2.75) is 58.7 Å². The van der Waals surface area contributed by atoms with Crippen molar-refractivity contribution < 1.29 is 9.47 Å². The van der Waals surface area contributed by atoms with Gasteiger partial charge in [0.1, 0.15) is 18.1 Å². The van der Waals surface area contributed by atoms with Crippen LogP contribution in [0.5, 0.6) is 11.5 Å². The first-order valence-electron chi connectivity index (χ1n) is 9.41. The molecule has 1 aromatic rings. The summed E-state index contributed by atoms with van der Waals surface area (Å²) in [5.74, 6) is 1.93. The molecular weight excluding hydrogens is 336 g/mol. The molecule has 2 nitrogen and oxygen atoms in total. The van der Waals surface area contributed by atoms with Crippen molar-refractivity contribution in [3.05, 3.63) is 58.8 Å². The second-order valence-electron chi connectivity index (χ2n) is 8.90. The maximum Gasteiger partial charge on any atom is 0.126 e. The quantitative estimate of drug-likeness (QED) is 0.422. The van der Waals surface area contributed by atoms with Crippen molar-refractivity contribution in [3.63, 3.8) is 0 Å². The second-order valence-corrected chi connectivity index (χ2v) is 13.7. The lowest BCUT2D eigenvalue weighted by Gasteiger charge is -2.29. The van der Waals surface area contributed by atoms with Gasteiger partial charge in [0.15, 0.2) is 0 Å². The van der Waals surface area contributed by atoms with Crippen LogP contribution in [-0.2, 0) is 11.5 Å².